The summed E-state index contributed by atoms with van der Waals surface area (Å²) < 4.78 is 5.59. The Bertz CT molecular complexity index is 1250. The number of hydrogen-bond acceptors (Lipinski definition) is 4. The molecule has 0 radical (unpaired) electrons. The molecule has 0 aliphatic heterocycles. The van der Waals surface area contributed by atoms with E-state index in [-0.39, 0.29) is 0 Å². The Morgan fingerprint density at radius 1 is 0.903 bits per heavy atom. The minimum absolute atomic E-state index is 0.572. The molecule has 152 valence electrons. The fourth-order valence-corrected chi connectivity index (χ4v) is 4.57. The van der Waals surface area contributed by atoms with Gasteiger partial charge in [-0.2, -0.15) is 5.26 Å². The fourth-order valence-electron chi connectivity index (χ4n) is 3.49. The van der Waals surface area contributed by atoms with E-state index in [9.17, 15) is 5.26 Å². The molecule has 1 heterocycles. The Hall–Kier alpha value is -3.55. The lowest BCUT2D eigenvalue weighted by molar-refractivity contribution is 0.416. The molecule has 31 heavy (non-hydrogen) atoms. The number of thioether (sulfide) groups is 1. The maximum atomic E-state index is 10.1. The first kappa shape index (κ1) is 20.7. The highest BCUT2D eigenvalue weighted by Gasteiger charge is 2.18. The average Bonchev–Trinajstić information content (AvgIpc) is 2.83. The average molecular weight is 423 g/mol. The lowest BCUT2D eigenvalue weighted by atomic mass is 9.98. The molecule has 4 aromatic rings. The molecule has 0 spiro atoms. The van der Waals surface area contributed by atoms with E-state index in [1.807, 2.05) is 72.8 Å². The topological polar surface area (TPSA) is 45.9 Å². The molecule has 0 saturated carbocycles. The molecule has 0 N–H and O–H groups in total. The number of nitriles is 1. The van der Waals surface area contributed by atoms with Gasteiger partial charge in [-0.25, -0.2) is 4.98 Å². The molecule has 0 aliphatic rings. The molecule has 4 rings (SSSR count). The molecule has 0 fully saturated rings. The van der Waals surface area contributed by atoms with Crippen molar-refractivity contribution < 1.29 is 4.74 Å². The number of methoxy groups -OCH3 is 1. The van der Waals surface area contributed by atoms with Crippen LogP contribution < -0.4 is 4.74 Å². The van der Waals surface area contributed by atoms with E-state index in [0.717, 1.165) is 38.9 Å². The second-order valence-corrected chi connectivity index (χ2v) is 8.09. The van der Waals surface area contributed by atoms with Crippen molar-refractivity contribution in [1.82, 2.24) is 4.98 Å². The second-order valence-electron chi connectivity index (χ2n) is 7.13. The Morgan fingerprint density at radius 2 is 1.61 bits per heavy atom. The molecular formula is C27H22N2OS. The third-order valence-corrected chi connectivity index (χ3v) is 6.21. The minimum atomic E-state index is 0.572. The largest absolute Gasteiger partial charge is 0.496 e. The van der Waals surface area contributed by atoms with Gasteiger partial charge < -0.3 is 4.74 Å². The van der Waals surface area contributed by atoms with Gasteiger partial charge in [0, 0.05) is 22.4 Å². The van der Waals surface area contributed by atoms with Crippen molar-refractivity contribution in [3.63, 3.8) is 0 Å². The van der Waals surface area contributed by atoms with E-state index in [1.54, 1.807) is 18.9 Å². The van der Waals surface area contributed by atoms with E-state index in [1.165, 1.54) is 11.1 Å². The van der Waals surface area contributed by atoms with E-state index in [4.69, 9.17) is 9.72 Å². The van der Waals surface area contributed by atoms with Gasteiger partial charge in [-0.3, -0.25) is 0 Å². The van der Waals surface area contributed by atoms with Crippen LogP contribution in [-0.4, -0.2) is 12.1 Å². The van der Waals surface area contributed by atoms with Gasteiger partial charge in [0.25, 0.3) is 0 Å². The van der Waals surface area contributed by atoms with Crippen molar-refractivity contribution in [2.75, 3.05) is 7.11 Å². The lowest BCUT2D eigenvalue weighted by Crippen LogP contribution is -1.98. The van der Waals surface area contributed by atoms with Crippen LogP contribution in [0.4, 0.5) is 0 Å². The zero-order chi connectivity index (χ0) is 21.6. The number of benzene rings is 3. The predicted molar refractivity (Wildman–Crippen MR) is 127 cm³/mol. The summed E-state index contributed by atoms with van der Waals surface area (Å²) >= 11 is 1.60. The van der Waals surface area contributed by atoms with Crippen molar-refractivity contribution in [2.45, 2.75) is 17.7 Å². The van der Waals surface area contributed by atoms with Gasteiger partial charge in [-0.05, 0) is 30.2 Å². The van der Waals surface area contributed by atoms with Gasteiger partial charge in [0.05, 0.1) is 18.4 Å². The first-order valence-electron chi connectivity index (χ1n) is 10.0. The summed E-state index contributed by atoms with van der Waals surface area (Å²) in [6.45, 7) is 2.11. The van der Waals surface area contributed by atoms with Crippen LogP contribution in [0.1, 0.15) is 16.7 Å². The van der Waals surface area contributed by atoms with Gasteiger partial charge in [0.15, 0.2) is 0 Å². The van der Waals surface area contributed by atoms with Crippen LogP contribution in [0.15, 0.2) is 90.0 Å². The normalized spacial score (nSPS) is 10.5. The molecule has 1 aromatic heterocycles. The highest BCUT2D eigenvalue weighted by Crippen LogP contribution is 2.38. The number of para-hydroxylation sites is 1. The number of nitrogens with zero attached hydrogens (tertiary/aromatic N) is 2. The van der Waals surface area contributed by atoms with Crippen LogP contribution in [0.2, 0.25) is 0 Å². The summed E-state index contributed by atoms with van der Waals surface area (Å²) in [4.78, 5) is 4.90. The second kappa shape index (κ2) is 9.51. The summed E-state index contributed by atoms with van der Waals surface area (Å²) in [6, 6.07) is 30.6. The third-order valence-electron chi connectivity index (χ3n) is 5.19. The molecule has 0 atom stereocenters. The van der Waals surface area contributed by atoms with E-state index < -0.39 is 0 Å². The van der Waals surface area contributed by atoms with Crippen molar-refractivity contribution in [3.8, 4) is 34.2 Å². The third kappa shape index (κ3) is 4.47. The van der Waals surface area contributed by atoms with Crippen LogP contribution in [0.25, 0.3) is 22.4 Å². The molecule has 0 bridgehead atoms. The Balaban J connectivity index is 1.87. The molecule has 4 heteroatoms. The quantitative estimate of drug-likeness (QED) is 0.317. The van der Waals surface area contributed by atoms with Crippen LogP contribution in [0.3, 0.4) is 0 Å². The van der Waals surface area contributed by atoms with Gasteiger partial charge in [0.2, 0.25) is 0 Å². The number of pyridine rings is 1. The van der Waals surface area contributed by atoms with E-state index in [2.05, 4.69) is 25.1 Å². The molecule has 0 amide bonds. The predicted octanol–water partition coefficient (Wildman–Crippen LogP) is 6.90. The summed E-state index contributed by atoms with van der Waals surface area (Å²) in [7, 11) is 1.65. The Labute approximate surface area is 187 Å². The van der Waals surface area contributed by atoms with Crippen molar-refractivity contribution >= 4 is 11.8 Å². The summed E-state index contributed by atoms with van der Waals surface area (Å²) in [6.07, 6.45) is 0. The number of aromatic nitrogens is 1. The molecule has 3 nitrogen and oxygen atoms in total. The number of hydrogen-bond donors (Lipinski definition) is 0. The van der Waals surface area contributed by atoms with Crippen LogP contribution in [0.5, 0.6) is 5.75 Å². The highest BCUT2D eigenvalue weighted by atomic mass is 32.2. The number of ether oxygens (including phenoxy) is 1. The van der Waals surface area contributed by atoms with Crippen LogP contribution in [0, 0.1) is 18.3 Å². The lowest BCUT2D eigenvalue weighted by Gasteiger charge is -2.15. The first-order valence-corrected chi connectivity index (χ1v) is 11.0. The first-order chi connectivity index (χ1) is 15.2. The van der Waals surface area contributed by atoms with Crippen molar-refractivity contribution in [2.24, 2.45) is 0 Å². The van der Waals surface area contributed by atoms with Gasteiger partial charge in [-0.15, -0.1) is 11.8 Å². The fraction of sp³-hybridized carbons (Fsp3) is 0.111. The Kier molecular flexibility index (Phi) is 6.35. The maximum Gasteiger partial charge on any atom is 0.126 e. The number of rotatable bonds is 6. The van der Waals surface area contributed by atoms with Crippen LogP contribution >= 0.6 is 11.8 Å². The van der Waals surface area contributed by atoms with E-state index in [0.29, 0.717) is 5.56 Å². The zero-order valence-electron chi connectivity index (χ0n) is 17.5. The Morgan fingerprint density at radius 3 is 2.35 bits per heavy atom. The van der Waals surface area contributed by atoms with Gasteiger partial charge >= 0.3 is 0 Å². The summed E-state index contributed by atoms with van der Waals surface area (Å²) in [5.74, 6) is 1.48. The molecule has 0 aliphatic carbocycles. The maximum absolute atomic E-state index is 10.1. The smallest absolute Gasteiger partial charge is 0.126 e. The zero-order valence-corrected chi connectivity index (χ0v) is 18.3. The molecule has 0 unspecified atom stereocenters. The molecular weight excluding hydrogens is 400 g/mol. The van der Waals surface area contributed by atoms with Crippen LogP contribution in [-0.2, 0) is 5.75 Å². The summed E-state index contributed by atoms with van der Waals surface area (Å²) in [5, 5.41) is 10.8. The van der Waals surface area contributed by atoms with Crippen molar-refractivity contribution in [1.29, 1.82) is 5.26 Å². The molecule has 0 saturated heterocycles. The SMILES string of the molecule is COc1ccccc1-c1cc(-c2ccccc2)nc(SCc2ccccc2C)c1C#N. The standard InChI is InChI=1S/C27H22N2OS/c1-19-10-6-7-13-21(19)18-31-27-24(17-28)23(22-14-8-9-15-26(22)30-2)16-25(29-27)20-11-4-3-5-12-20/h3-16H,18H2,1-2H3. The summed E-state index contributed by atoms with van der Waals surface area (Å²) in [5.41, 5.74) is 6.62. The number of aryl methyl sites for hydroxylation is 1. The van der Waals surface area contributed by atoms with Gasteiger partial charge in [0.1, 0.15) is 16.8 Å². The van der Waals surface area contributed by atoms with Crippen molar-refractivity contribution in [3.05, 3.63) is 102 Å². The van der Waals surface area contributed by atoms with E-state index >= 15 is 0 Å². The monoisotopic (exact) mass is 422 g/mol. The minimum Gasteiger partial charge on any atom is -0.496 e. The highest BCUT2D eigenvalue weighted by molar-refractivity contribution is 7.98. The molecule has 3 aromatic carbocycles. The van der Waals surface area contributed by atoms with Gasteiger partial charge in [-0.1, -0.05) is 72.8 Å².